The smallest absolute Gasteiger partial charge is 0.357 e. The highest BCUT2D eigenvalue weighted by Gasteiger charge is 2.16. The Hall–Kier alpha value is -1.84. The van der Waals surface area contributed by atoms with Gasteiger partial charge in [0.25, 0.3) is 0 Å². The molecule has 0 atom stereocenters. The monoisotopic (exact) mass is 221 g/mol. The molecule has 0 saturated carbocycles. The lowest BCUT2D eigenvalue weighted by atomic mass is 10.1. The minimum atomic E-state index is -0.459. The maximum atomic E-state index is 11.6. The molecule has 0 amide bonds. The predicted octanol–water partition coefficient (Wildman–Crippen LogP) is 2.27. The quantitative estimate of drug-likeness (QED) is 0.565. The van der Waals surface area contributed by atoms with E-state index in [4.69, 9.17) is 9.47 Å². The second-order valence-corrected chi connectivity index (χ2v) is 2.98. The number of pyridine rings is 1. The summed E-state index contributed by atoms with van der Waals surface area (Å²) in [7, 11) is 0. The Morgan fingerprint density at radius 2 is 2.06 bits per heavy atom. The Morgan fingerprint density at radius 3 is 2.69 bits per heavy atom. The lowest BCUT2D eigenvalue weighted by Crippen LogP contribution is -2.10. The standard InChI is InChI=1S/C12H15NO3/c1-4-15-9(3)10-7-6-8-13-11(10)12(14)16-5-2/h6-8H,3-5H2,1-2H3. The maximum Gasteiger partial charge on any atom is 0.357 e. The molecule has 1 heterocycles. The number of rotatable bonds is 5. The van der Waals surface area contributed by atoms with Crippen LogP contribution in [0.3, 0.4) is 0 Å². The molecule has 1 rings (SSSR count). The van der Waals surface area contributed by atoms with Crippen molar-refractivity contribution in [3.05, 3.63) is 36.2 Å². The van der Waals surface area contributed by atoms with E-state index in [1.165, 1.54) is 6.20 Å². The molecule has 1 aromatic rings. The van der Waals surface area contributed by atoms with Gasteiger partial charge in [-0.3, -0.25) is 0 Å². The number of esters is 1. The molecule has 0 fully saturated rings. The molecule has 0 saturated heterocycles. The first-order chi connectivity index (χ1) is 7.70. The van der Waals surface area contributed by atoms with Crippen LogP contribution in [0.15, 0.2) is 24.9 Å². The van der Waals surface area contributed by atoms with Crippen LogP contribution < -0.4 is 0 Å². The zero-order valence-electron chi connectivity index (χ0n) is 9.53. The van der Waals surface area contributed by atoms with E-state index in [-0.39, 0.29) is 5.69 Å². The minimum Gasteiger partial charge on any atom is -0.494 e. The van der Waals surface area contributed by atoms with Crippen molar-refractivity contribution in [3.8, 4) is 0 Å². The van der Waals surface area contributed by atoms with Gasteiger partial charge in [0.2, 0.25) is 0 Å². The van der Waals surface area contributed by atoms with Crippen molar-refractivity contribution < 1.29 is 14.3 Å². The molecule has 4 nitrogen and oxygen atoms in total. The van der Waals surface area contributed by atoms with E-state index in [1.807, 2.05) is 6.92 Å². The van der Waals surface area contributed by atoms with Gasteiger partial charge in [-0.15, -0.1) is 0 Å². The van der Waals surface area contributed by atoms with E-state index in [1.54, 1.807) is 19.1 Å². The Morgan fingerprint density at radius 1 is 1.38 bits per heavy atom. The number of nitrogens with zero attached hydrogens (tertiary/aromatic N) is 1. The van der Waals surface area contributed by atoms with Gasteiger partial charge < -0.3 is 9.47 Å². The summed E-state index contributed by atoms with van der Waals surface area (Å²) < 4.78 is 10.2. The highest BCUT2D eigenvalue weighted by atomic mass is 16.5. The van der Waals surface area contributed by atoms with Crippen molar-refractivity contribution in [2.75, 3.05) is 13.2 Å². The molecule has 0 N–H and O–H groups in total. The molecule has 4 heteroatoms. The van der Waals surface area contributed by atoms with Gasteiger partial charge >= 0.3 is 5.97 Å². The second-order valence-electron chi connectivity index (χ2n) is 2.98. The van der Waals surface area contributed by atoms with Gasteiger partial charge in [-0.1, -0.05) is 6.58 Å². The first kappa shape index (κ1) is 12.2. The number of aromatic nitrogens is 1. The van der Waals surface area contributed by atoms with Crippen LogP contribution in [-0.2, 0) is 9.47 Å². The molecule has 0 aliphatic heterocycles. The minimum absolute atomic E-state index is 0.239. The summed E-state index contributed by atoms with van der Waals surface area (Å²) in [6, 6.07) is 3.46. The van der Waals surface area contributed by atoms with Crippen LogP contribution in [0.5, 0.6) is 0 Å². The van der Waals surface area contributed by atoms with Crippen LogP contribution in [0.4, 0.5) is 0 Å². The summed E-state index contributed by atoms with van der Waals surface area (Å²) >= 11 is 0. The van der Waals surface area contributed by atoms with Crippen LogP contribution >= 0.6 is 0 Å². The summed E-state index contributed by atoms with van der Waals surface area (Å²) in [5.74, 6) is -0.0300. The zero-order valence-corrected chi connectivity index (χ0v) is 9.53. The molecule has 0 spiro atoms. The molecule has 1 aromatic heterocycles. The van der Waals surface area contributed by atoms with E-state index in [9.17, 15) is 4.79 Å². The van der Waals surface area contributed by atoms with E-state index in [2.05, 4.69) is 11.6 Å². The van der Waals surface area contributed by atoms with E-state index in [0.29, 0.717) is 24.5 Å². The molecular weight excluding hydrogens is 206 g/mol. The van der Waals surface area contributed by atoms with Crippen molar-refractivity contribution in [2.45, 2.75) is 13.8 Å². The average molecular weight is 221 g/mol. The summed E-state index contributed by atoms with van der Waals surface area (Å²) in [6.07, 6.45) is 1.54. The fourth-order valence-electron chi connectivity index (χ4n) is 1.24. The van der Waals surface area contributed by atoms with Gasteiger partial charge in [-0.05, 0) is 26.0 Å². The first-order valence-corrected chi connectivity index (χ1v) is 5.14. The van der Waals surface area contributed by atoms with Gasteiger partial charge in [-0.2, -0.15) is 0 Å². The molecule has 0 aromatic carbocycles. The number of carbonyl (C=O) groups excluding carboxylic acids is 1. The third kappa shape index (κ3) is 2.82. The maximum absolute atomic E-state index is 11.6. The fraction of sp³-hybridized carbons (Fsp3) is 0.333. The summed E-state index contributed by atoms with van der Waals surface area (Å²) in [6.45, 7) is 8.16. The van der Waals surface area contributed by atoms with Crippen molar-refractivity contribution in [3.63, 3.8) is 0 Å². The Bertz CT molecular complexity index is 351. The van der Waals surface area contributed by atoms with Gasteiger partial charge in [0.1, 0.15) is 5.76 Å². The van der Waals surface area contributed by atoms with Crippen LogP contribution in [0.2, 0.25) is 0 Å². The van der Waals surface area contributed by atoms with E-state index < -0.39 is 5.97 Å². The SMILES string of the molecule is C=C(OCC)c1cccnc1C(=O)OCC. The molecule has 0 aliphatic carbocycles. The average Bonchev–Trinajstić information content (AvgIpc) is 2.30. The highest BCUT2D eigenvalue weighted by molar-refractivity contribution is 5.92. The number of hydrogen-bond acceptors (Lipinski definition) is 4. The number of ether oxygens (including phenoxy) is 2. The topological polar surface area (TPSA) is 48.4 Å². The Balaban J connectivity index is 3.00. The molecule has 16 heavy (non-hydrogen) atoms. The summed E-state index contributed by atoms with van der Waals surface area (Å²) in [5.41, 5.74) is 0.811. The van der Waals surface area contributed by atoms with Crippen molar-refractivity contribution in [1.82, 2.24) is 4.98 Å². The van der Waals surface area contributed by atoms with Crippen LogP contribution in [0.1, 0.15) is 29.9 Å². The lowest BCUT2D eigenvalue weighted by molar-refractivity contribution is 0.0518. The third-order valence-corrected chi connectivity index (χ3v) is 1.90. The van der Waals surface area contributed by atoms with Crippen molar-refractivity contribution in [1.29, 1.82) is 0 Å². The summed E-state index contributed by atoms with van der Waals surface area (Å²) in [4.78, 5) is 15.6. The third-order valence-electron chi connectivity index (χ3n) is 1.90. The van der Waals surface area contributed by atoms with Gasteiger partial charge in [-0.25, -0.2) is 9.78 Å². The molecular formula is C12H15NO3. The van der Waals surface area contributed by atoms with Gasteiger partial charge in [0.15, 0.2) is 5.69 Å². The predicted molar refractivity (Wildman–Crippen MR) is 60.9 cm³/mol. The van der Waals surface area contributed by atoms with Crippen LogP contribution in [0, 0.1) is 0 Å². The van der Waals surface area contributed by atoms with Crippen molar-refractivity contribution in [2.24, 2.45) is 0 Å². The largest absolute Gasteiger partial charge is 0.494 e. The Labute approximate surface area is 94.9 Å². The fourth-order valence-corrected chi connectivity index (χ4v) is 1.24. The lowest BCUT2D eigenvalue weighted by Gasteiger charge is -2.10. The van der Waals surface area contributed by atoms with Gasteiger partial charge in [0, 0.05) is 11.8 Å². The van der Waals surface area contributed by atoms with E-state index in [0.717, 1.165) is 0 Å². The number of hydrogen-bond donors (Lipinski definition) is 0. The van der Waals surface area contributed by atoms with Crippen LogP contribution in [-0.4, -0.2) is 24.2 Å². The highest BCUT2D eigenvalue weighted by Crippen LogP contribution is 2.17. The molecule has 0 unspecified atom stereocenters. The van der Waals surface area contributed by atoms with Crippen LogP contribution in [0.25, 0.3) is 5.76 Å². The van der Waals surface area contributed by atoms with Crippen molar-refractivity contribution >= 4 is 11.7 Å². The molecule has 0 radical (unpaired) electrons. The van der Waals surface area contributed by atoms with Gasteiger partial charge in [0.05, 0.1) is 13.2 Å². The normalized spacial score (nSPS) is 9.62. The molecule has 0 aliphatic rings. The molecule has 86 valence electrons. The Kier molecular flexibility index (Phi) is 4.51. The first-order valence-electron chi connectivity index (χ1n) is 5.14. The summed E-state index contributed by atoms with van der Waals surface area (Å²) in [5, 5.41) is 0. The molecule has 0 bridgehead atoms. The number of carbonyl (C=O) groups is 1. The van der Waals surface area contributed by atoms with E-state index >= 15 is 0 Å². The zero-order chi connectivity index (χ0) is 12.0. The second kappa shape index (κ2) is 5.90.